The van der Waals surface area contributed by atoms with Gasteiger partial charge in [0.1, 0.15) is 16.5 Å². The standard InChI is InChI=1S/C20H21ClN4O4S2/c1-25-19(22)24-20(10-29-7-6-16(20)31(25,26)27)18-12(21)9-15(30-18)13-8-11-4-3-5-14(28-2)17(11)23-13/h3-5,8-9,16,23H,6-7,10H2,1-2H3,(H2,22,24). The summed E-state index contributed by atoms with van der Waals surface area (Å²) in [5.74, 6) is 0.674. The molecule has 0 saturated carbocycles. The van der Waals surface area contributed by atoms with Crippen molar-refractivity contribution >= 4 is 49.8 Å². The normalized spacial score (nSPS) is 25.3. The topological polar surface area (TPSA) is 110 Å². The predicted octanol–water partition coefficient (Wildman–Crippen LogP) is 3.13. The van der Waals surface area contributed by atoms with Crippen molar-refractivity contribution < 1.29 is 17.9 Å². The van der Waals surface area contributed by atoms with Crippen molar-refractivity contribution in [3.8, 4) is 16.3 Å². The van der Waals surface area contributed by atoms with Crippen molar-refractivity contribution in [3.05, 3.63) is 40.2 Å². The quantitative estimate of drug-likeness (QED) is 0.598. The number of hydrogen-bond acceptors (Lipinski definition) is 7. The SMILES string of the molecule is COc1cccc2cc(-c3cc(Cl)c(C45COCCC4S(=O)(=O)N(C)C(N)=N5)s3)[nH]c12. The number of nitrogens with two attached hydrogens (primary N) is 1. The third-order valence-electron chi connectivity index (χ3n) is 5.94. The van der Waals surface area contributed by atoms with Gasteiger partial charge in [-0.3, -0.25) is 0 Å². The Morgan fingerprint density at radius 1 is 1.42 bits per heavy atom. The lowest BCUT2D eigenvalue weighted by molar-refractivity contribution is 0.0390. The number of aromatic nitrogens is 1. The van der Waals surface area contributed by atoms with Gasteiger partial charge in [0, 0.05) is 19.0 Å². The molecule has 2 aromatic heterocycles. The molecule has 1 fully saturated rings. The number of fused-ring (bicyclic) bond motifs is 2. The van der Waals surface area contributed by atoms with E-state index in [4.69, 9.17) is 26.8 Å². The van der Waals surface area contributed by atoms with E-state index < -0.39 is 20.8 Å². The average molecular weight is 481 g/mol. The molecule has 31 heavy (non-hydrogen) atoms. The fourth-order valence-corrected chi connectivity index (χ4v) is 7.87. The Balaban J connectivity index is 1.67. The summed E-state index contributed by atoms with van der Waals surface area (Å²) in [5, 5.41) is 0.650. The van der Waals surface area contributed by atoms with Crippen LogP contribution in [0, 0.1) is 0 Å². The number of benzene rings is 1. The molecule has 0 spiro atoms. The third-order valence-corrected chi connectivity index (χ3v) is 9.98. The zero-order chi connectivity index (χ0) is 22.0. The van der Waals surface area contributed by atoms with Crippen molar-refractivity contribution in [3.63, 3.8) is 0 Å². The number of ether oxygens (including phenoxy) is 2. The van der Waals surface area contributed by atoms with Crippen LogP contribution in [0.25, 0.3) is 21.5 Å². The highest BCUT2D eigenvalue weighted by Gasteiger charge is 2.56. The number of sulfonamides is 1. The minimum Gasteiger partial charge on any atom is -0.495 e. The number of aliphatic imine (C=N–C) groups is 1. The van der Waals surface area contributed by atoms with Crippen molar-refractivity contribution in [2.75, 3.05) is 27.4 Å². The Bertz CT molecular complexity index is 1320. The van der Waals surface area contributed by atoms with Crippen LogP contribution in [0.3, 0.4) is 0 Å². The number of H-pyrrole nitrogens is 1. The first-order chi connectivity index (χ1) is 14.8. The van der Waals surface area contributed by atoms with E-state index in [1.807, 2.05) is 30.3 Å². The second-order valence-electron chi connectivity index (χ2n) is 7.63. The van der Waals surface area contributed by atoms with E-state index in [1.165, 1.54) is 18.4 Å². The van der Waals surface area contributed by atoms with E-state index in [9.17, 15) is 8.42 Å². The lowest BCUT2D eigenvalue weighted by Gasteiger charge is -2.45. The van der Waals surface area contributed by atoms with Crippen LogP contribution in [0.4, 0.5) is 0 Å². The Morgan fingerprint density at radius 2 is 2.23 bits per heavy atom. The van der Waals surface area contributed by atoms with Crippen LogP contribution >= 0.6 is 22.9 Å². The van der Waals surface area contributed by atoms with Crippen LogP contribution in [0.5, 0.6) is 5.75 Å². The van der Waals surface area contributed by atoms with Gasteiger partial charge in [0.25, 0.3) is 0 Å². The monoisotopic (exact) mass is 480 g/mol. The zero-order valence-electron chi connectivity index (χ0n) is 16.9. The molecule has 0 aliphatic carbocycles. The zero-order valence-corrected chi connectivity index (χ0v) is 19.3. The summed E-state index contributed by atoms with van der Waals surface area (Å²) < 4.78 is 38.5. The largest absolute Gasteiger partial charge is 0.495 e. The summed E-state index contributed by atoms with van der Waals surface area (Å²) >= 11 is 8.07. The molecule has 164 valence electrons. The van der Waals surface area contributed by atoms with Gasteiger partial charge >= 0.3 is 0 Å². The van der Waals surface area contributed by atoms with E-state index in [0.717, 1.165) is 31.5 Å². The van der Waals surface area contributed by atoms with Crippen LogP contribution < -0.4 is 10.5 Å². The highest BCUT2D eigenvalue weighted by molar-refractivity contribution is 7.90. The van der Waals surface area contributed by atoms with Crippen molar-refractivity contribution in [2.45, 2.75) is 17.2 Å². The van der Waals surface area contributed by atoms with E-state index in [2.05, 4.69) is 9.98 Å². The van der Waals surface area contributed by atoms with Crippen LogP contribution in [0.1, 0.15) is 11.3 Å². The number of thiophene rings is 1. The maximum absolute atomic E-state index is 13.2. The molecule has 1 saturated heterocycles. The molecule has 11 heteroatoms. The average Bonchev–Trinajstić information content (AvgIpc) is 3.36. The molecule has 0 amide bonds. The summed E-state index contributed by atoms with van der Waals surface area (Å²) in [7, 11) is -0.649. The molecular formula is C20H21ClN4O4S2. The molecule has 0 radical (unpaired) electrons. The molecular weight excluding hydrogens is 460 g/mol. The van der Waals surface area contributed by atoms with E-state index in [0.29, 0.717) is 22.9 Å². The molecule has 3 N–H and O–H groups in total. The van der Waals surface area contributed by atoms with Gasteiger partial charge in [-0.2, -0.15) is 0 Å². The second-order valence-corrected chi connectivity index (χ2v) is 11.2. The summed E-state index contributed by atoms with van der Waals surface area (Å²) in [6.45, 7) is 0.443. The summed E-state index contributed by atoms with van der Waals surface area (Å²) in [6.07, 6.45) is 0.316. The Labute approximate surface area is 188 Å². The van der Waals surface area contributed by atoms with Gasteiger partial charge in [0.15, 0.2) is 0 Å². The maximum Gasteiger partial charge on any atom is 0.243 e. The molecule has 2 aliphatic rings. The molecule has 8 nitrogen and oxygen atoms in total. The number of rotatable bonds is 3. The van der Waals surface area contributed by atoms with Crippen LogP contribution in [-0.4, -0.2) is 56.3 Å². The molecule has 4 heterocycles. The van der Waals surface area contributed by atoms with Gasteiger partial charge in [0.05, 0.1) is 39.7 Å². The Hall–Kier alpha value is -2.27. The second kappa shape index (κ2) is 7.13. The smallest absolute Gasteiger partial charge is 0.243 e. The Kier molecular flexibility index (Phi) is 4.74. The molecule has 2 unspecified atom stereocenters. The number of methoxy groups -OCH3 is 1. The minimum atomic E-state index is -3.70. The van der Waals surface area contributed by atoms with Gasteiger partial charge < -0.3 is 20.2 Å². The molecule has 0 bridgehead atoms. The van der Waals surface area contributed by atoms with E-state index >= 15 is 0 Å². The van der Waals surface area contributed by atoms with Gasteiger partial charge in [-0.15, -0.1) is 11.3 Å². The summed E-state index contributed by atoms with van der Waals surface area (Å²) in [4.78, 5) is 9.52. The predicted molar refractivity (Wildman–Crippen MR) is 122 cm³/mol. The molecule has 1 aromatic carbocycles. The number of nitrogens with one attached hydrogen (secondary N) is 1. The number of para-hydroxylation sites is 1. The van der Waals surface area contributed by atoms with E-state index in [-0.39, 0.29) is 12.6 Å². The number of guanidine groups is 1. The van der Waals surface area contributed by atoms with Crippen molar-refractivity contribution in [2.24, 2.45) is 10.7 Å². The summed E-state index contributed by atoms with van der Waals surface area (Å²) in [5.41, 5.74) is 6.59. The highest BCUT2D eigenvalue weighted by atomic mass is 35.5. The Morgan fingerprint density at radius 3 is 3.00 bits per heavy atom. The van der Waals surface area contributed by atoms with Gasteiger partial charge in [-0.25, -0.2) is 17.7 Å². The number of hydrogen-bond donors (Lipinski definition) is 2. The van der Waals surface area contributed by atoms with Gasteiger partial charge in [0.2, 0.25) is 16.0 Å². The molecule has 2 aliphatic heterocycles. The third kappa shape index (κ3) is 2.96. The fourth-order valence-electron chi connectivity index (χ4n) is 4.34. The first-order valence-corrected chi connectivity index (χ1v) is 12.3. The highest BCUT2D eigenvalue weighted by Crippen LogP contribution is 2.49. The molecule has 2 atom stereocenters. The fraction of sp³-hybridized carbons (Fsp3) is 0.350. The minimum absolute atomic E-state index is 0.0666. The molecule has 3 aromatic rings. The van der Waals surface area contributed by atoms with Crippen LogP contribution in [0.2, 0.25) is 5.02 Å². The number of halogens is 1. The lowest BCUT2D eigenvalue weighted by Crippen LogP contribution is -2.60. The van der Waals surface area contributed by atoms with E-state index in [1.54, 1.807) is 7.11 Å². The first kappa shape index (κ1) is 20.6. The van der Waals surface area contributed by atoms with Crippen LogP contribution in [0.15, 0.2) is 35.3 Å². The van der Waals surface area contributed by atoms with Crippen molar-refractivity contribution in [1.82, 2.24) is 9.29 Å². The van der Waals surface area contributed by atoms with Crippen LogP contribution in [-0.2, 0) is 20.3 Å². The number of nitrogens with zero attached hydrogens (tertiary/aromatic N) is 2. The summed E-state index contributed by atoms with van der Waals surface area (Å²) in [6, 6.07) is 9.65. The number of aromatic amines is 1. The lowest BCUT2D eigenvalue weighted by atomic mass is 9.90. The molecule has 5 rings (SSSR count). The van der Waals surface area contributed by atoms with Gasteiger partial charge in [-0.1, -0.05) is 23.7 Å². The maximum atomic E-state index is 13.2. The van der Waals surface area contributed by atoms with Crippen molar-refractivity contribution in [1.29, 1.82) is 0 Å². The van der Waals surface area contributed by atoms with Gasteiger partial charge in [-0.05, 0) is 24.6 Å². The first-order valence-electron chi connectivity index (χ1n) is 9.64.